The van der Waals surface area contributed by atoms with Gasteiger partial charge in [0.2, 0.25) is 0 Å². The molecular weight excluding hydrogens is 751 g/mol. The number of anilines is 2. The van der Waals surface area contributed by atoms with Gasteiger partial charge in [-0.2, -0.15) is 8.42 Å². The van der Waals surface area contributed by atoms with Gasteiger partial charge in [-0.1, -0.05) is 65.7 Å². The summed E-state index contributed by atoms with van der Waals surface area (Å²) in [6.07, 6.45) is 1.26. The minimum atomic E-state index is -4.40. The Bertz CT molecular complexity index is 2640. The molecule has 2 N–H and O–H groups in total. The van der Waals surface area contributed by atoms with Crippen LogP contribution in [-0.2, 0) is 23.0 Å². The van der Waals surface area contributed by atoms with Crippen LogP contribution >= 0.6 is 0 Å². The molecular formula is C52H59NO5S. The molecule has 0 amide bonds. The first-order chi connectivity index (χ1) is 27.8. The highest BCUT2D eigenvalue weighted by atomic mass is 32.2. The maximum Gasteiger partial charge on any atom is 0.295 e. The minimum absolute atomic E-state index is 0.0263. The molecule has 0 aliphatic rings. The first kappa shape index (κ1) is 43.2. The van der Waals surface area contributed by atoms with Crippen LogP contribution in [0.4, 0.5) is 11.4 Å². The largest absolute Gasteiger partial charge is 0.496 e. The highest BCUT2D eigenvalue weighted by molar-refractivity contribution is 7.86. The third-order valence-electron chi connectivity index (χ3n) is 12.0. The average molecular weight is 810 g/mol. The van der Waals surface area contributed by atoms with E-state index in [1.165, 1.54) is 50.1 Å². The van der Waals surface area contributed by atoms with Gasteiger partial charge in [0.1, 0.15) is 11.5 Å². The molecule has 0 saturated heterocycles. The van der Waals surface area contributed by atoms with Crippen LogP contribution in [-0.4, -0.2) is 27.2 Å². The topological polar surface area (TPSA) is 84.9 Å². The molecule has 6 aromatic rings. The van der Waals surface area contributed by atoms with Crippen LogP contribution in [0.25, 0.3) is 0 Å². The summed E-state index contributed by atoms with van der Waals surface area (Å²) < 4.78 is 47.5. The molecule has 6 nitrogen and oxygen atoms in total. The quantitative estimate of drug-likeness (QED) is 0.0946. The molecule has 7 heteroatoms. The van der Waals surface area contributed by atoms with Gasteiger partial charge < -0.3 is 14.8 Å². The van der Waals surface area contributed by atoms with Crippen molar-refractivity contribution in [2.24, 2.45) is 0 Å². The van der Waals surface area contributed by atoms with E-state index in [-0.39, 0.29) is 10.8 Å². The fourth-order valence-electron chi connectivity index (χ4n) is 9.48. The van der Waals surface area contributed by atoms with Gasteiger partial charge in [-0.3, -0.25) is 4.55 Å². The van der Waals surface area contributed by atoms with Gasteiger partial charge in [-0.05, 0) is 191 Å². The lowest BCUT2D eigenvalue weighted by Crippen LogP contribution is -2.12. The monoisotopic (exact) mass is 809 g/mol. The van der Waals surface area contributed by atoms with Crippen molar-refractivity contribution in [2.75, 3.05) is 19.5 Å². The molecule has 0 saturated carbocycles. The number of rotatable bonds is 12. The van der Waals surface area contributed by atoms with Crippen LogP contribution in [0.2, 0.25) is 0 Å². The molecule has 0 spiro atoms. The van der Waals surface area contributed by atoms with E-state index in [9.17, 15) is 13.0 Å². The van der Waals surface area contributed by atoms with Crippen LogP contribution < -0.4 is 14.8 Å². The summed E-state index contributed by atoms with van der Waals surface area (Å²) in [5, 5.41) is 3.74. The number of hydrogen-bond donors (Lipinski definition) is 2. The second-order valence-corrected chi connectivity index (χ2v) is 18.0. The van der Waals surface area contributed by atoms with Crippen molar-refractivity contribution in [3.05, 3.63) is 179 Å². The van der Waals surface area contributed by atoms with E-state index >= 15 is 0 Å². The summed E-state index contributed by atoms with van der Waals surface area (Å²) >= 11 is 0. The first-order valence-electron chi connectivity index (χ1n) is 20.2. The van der Waals surface area contributed by atoms with E-state index in [1.54, 1.807) is 28.1 Å². The zero-order valence-electron chi connectivity index (χ0n) is 37.0. The summed E-state index contributed by atoms with van der Waals surface area (Å²) in [5.41, 5.74) is 21.5. The number of nitrogens with one attached hydrogen (secondary N) is 1. The lowest BCUT2D eigenvalue weighted by molar-refractivity contribution is 0.402. The van der Waals surface area contributed by atoms with Crippen LogP contribution in [0, 0.1) is 76.2 Å². The van der Waals surface area contributed by atoms with Gasteiger partial charge in [0.25, 0.3) is 10.1 Å². The van der Waals surface area contributed by atoms with Crippen LogP contribution in [0.1, 0.15) is 106 Å². The zero-order valence-corrected chi connectivity index (χ0v) is 37.8. The highest BCUT2D eigenvalue weighted by Gasteiger charge is 2.28. The van der Waals surface area contributed by atoms with Crippen molar-refractivity contribution in [1.29, 1.82) is 0 Å². The molecule has 6 aromatic carbocycles. The standard InChI is InChI=1S/C52H59NO5S/c1-29-18-31(3)45(32(4)19-29)25-40-14-16-43(47(27-40)57-12)50(49-34(6)23-42(24-35(49)7)53-51-36(8)20-30(2)21-37(51)9)44-17-15-41(28-48(44)58-13)26-46-33(5)22-38(10)52(39(46)11)59(54,55)56/h14-24,27-28,50,53H,25-26H2,1-13H3,(H,54,55,56). The van der Waals surface area contributed by atoms with E-state index in [0.29, 0.717) is 23.3 Å². The van der Waals surface area contributed by atoms with Crippen LogP contribution in [0.3, 0.4) is 0 Å². The zero-order chi connectivity index (χ0) is 43.1. The predicted molar refractivity (Wildman–Crippen MR) is 244 cm³/mol. The lowest BCUT2D eigenvalue weighted by atomic mass is 9.79. The Balaban J connectivity index is 1.50. The van der Waals surface area contributed by atoms with E-state index in [4.69, 9.17) is 9.47 Å². The lowest BCUT2D eigenvalue weighted by Gasteiger charge is -2.28. The fraction of sp³-hybridized carbons (Fsp3) is 0.308. The predicted octanol–water partition coefficient (Wildman–Crippen LogP) is 12.4. The Morgan fingerprint density at radius 1 is 0.542 bits per heavy atom. The van der Waals surface area contributed by atoms with Gasteiger partial charge in [0.05, 0.1) is 19.1 Å². The third kappa shape index (κ3) is 8.97. The second kappa shape index (κ2) is 17.1. The summed E-state index contributed by atoms with van der Waals surface area (Å²) in [6, 6.07) is 28.1. The number of methoxy groups -OCH3 is 2. The first-order valence-corrected chi connectivity index (χ1v) is 21.7. The van der Waals surface area contributed by atoms with E-state index in [1.807, 2.05) is 13.0 Å². The second-order valence-electron chi connectivity index (χ2n) is 16.7. The summed E-state index contributed by atoms with van der Waals surface area (Å²) in [4.78, 5) is -0.0263. The molecule has 1 atom stereocenters. The normalized spacial score (nSPS) is 12.1. The Hall–Kier alpha value is -5.37. The molecule has 308 valence electrons. The van der Waals surface area contributed by atoms with Crippen molar-refractivity contribution in [2.45, 2.75) is 99.8 Å². The maximum absolute atomic E-state index is 12.4. The summed E-state index contributed by atoms with van der Waals surface area (Å²) in [6.45, 7) is 22.8. The van der Waals surface area contributed by atoms with E-state index in [2.05, 4.69) is 134 Å². The number of benzene rings is 6. The minimum Gasteiger partial charge on any atom is -0.496 e. The molecule has 0 aliphatic carbocycles. The summed E-state index contributed by atoms with van der Waals surface area (Å²) in [7, 11) is -0.955. The highest BCUT2D eigenvalue weighted by Crippen LogP contribution is 2.45. The Kier molecular flexibility index (Phi) is 12.5. The smallest absolute Gasteiger partial charge is 0.295 e. The summed E-state index contributed by atoms with van der Waals surface area (Å²) in [5.74, 6) is 1.27. The SMILES string of the molecule is COc1cc(Cc2c(C)cc(C)cc2C)ccc1C(c1ccc(Cc2c(C)cc(C)c(S(=O)(=O)O)c2C)cc1OC)c1c(C)cc(Nc2c(C)cc(C)cc2C)cc1C. The molecule has 1 unspecified atom stereocenters. The van der Waals surface area contributed by atoms with Gasteiger partial charge in [-0.15, -0.1) is 0 Å². The molecule has 0 fully saturated rings. The van der Waals surface area contributed by atoms with Crippen molar-refractivity contribution >= 4 is 21.5 Å². The average Bonchev–Trinajstić information content (AvgIpc) is 3.14. The molecule has 0 radical (unpaired) electrons. The van der Waals surface area contributed by atoms with Crippen molar-refractivity contribution < 1.29 is 22.4 Å². The molecule has 6 rings (SSSR count). The van der Waals surface area contributed by atoms with E-state index < -0.39 is 10.1 Å². The van der Waals surface area contributed by atoms with Crippen molar-refractivity contribution in [3.8, 4) is 11.5 Å². The fourth-order valence-corrected chi connectivity index (χ4v) is 10.5. The molecule has 0 bridgehead atoms. The Morgan fingerprint density at radius 3 is 1.44 bits per heavy atom. The van der Waals surface area contributed by atoms with Crippen molar-refractivity contribution in [1.82, 2.24) is 0 Å². The van der Waals surface area contributed by atoms with Crippen LogP contribution in [0.15, 0.2) is 83.8 Å². The number of hydrogen-bond acceptors (Lipinski definition) is 5. The van der Waals surface area contributed by atoms with E-state index in [0.717, 1.165) is 62.5 Å². The molecule has 0 heterocycles. The maximum atomic E-state index is 12.4. The van der Waals surface area contributed by atoms with Gasteiger partial charge in [-0.25, -0.2) is 0 Å². The van der Waals surface area contributed by atoms with Gasteiger partial charge >= 0.3 is 0 Å². The number of aryl methyl sites for hydroxylation is 10. The van der Waals surface area contributed by atoms with Crippen LogP contribution in [0.5, 0.6) is 11.5 Å². The van der Waals surface area contributed by atoms with Crippen molar-refractivity contribution in [3.63, 3.8) is 0 Å². The molecule has 59 heavy (non-hydrogen) atoms. The number of ether oxygens (including phenoxy) is 2. The van der Waals surface area contributed by atoms with Gasteiger partial charge in [0, 0.05) is 28.4 Å². The molecule has 0 aromatic heterocycles. The van der Waals surface area contributed by atoms with Gasteiger partial charge in [0.15, 0.2) is 0 Å². The molecule has 0 aliphatic heterocycles. The third-order valence-corrected chi connectivity index (χ3v) is 13.1. The Labute approximate surface area is 352 Å². The Morgan fingerprint density at radius 2 is 0.983 bits per heavy atom.